The zero-order valence-corrected chi connectivity index (χ0v) is 17.4. The van der Waals surface area contributed by atoms with E-state index in [2.05, 4.69) is 9.47 Å². The lowest BCUT2D eigenvalue weighted by Crippen LogP contribution is -2.61. The average Bonchev–Trinajstić information content (AvgIpc) is 3.23. The summed E-state index contributed by atoms with van der Waals surface area (Å²) in [6.45, 7) is -5.95. The Morgan fingerprint density at radius 1 is 0.571 bits per heavy atom. The van der Waals surface area contributed by atoms with E-state index >= 15 is 0 Å². The highest BCUT2D eigenvalue weighted by atomic mass is 19.4. The second kappa shape index (κ2) is 8.65. The molecule has 0 aromatic heterocycles. The minimum atomic E-state index is -6.12. The molecule has 0 amide bonds. The largest absolute Gasteiger partial charge is 0.428 e. The van der Waals surface area contributed by atoms with Gasteiger partial charge < -0.3 is 19.7 Å². The van der Waals surface area contributed by atoms with Gasteiger partial charge in [0.1, 0.15) is 0 Å². The molecular weight excluding hydrogens is 520 g/mol. The number of rotatable bonds is 8. The quantitative estimate of drug-likeness (QED) is 0.354. The number of aliphatic hydroxyl groups is 2. The maximum absolute atomic E-state index is 12.8. The number of allylic oxidation sites excluding steroid dienone is 2. The lowest BCUT2D eigenvalue weighted by atomic mass is 9.53. The molecule has 6 atom stereocenters. The molecule has 0 aliphatic heterocycles. The van der Waals surface area contributed by atoms with Gasteiger partial charge in [-0.15, -0.1) is 0 Å². The third-order valence-electron chi connectivity index (χ3n) is 7.24. The van der Waals surface area contributed by atoms with Gasteiger partial charge in [0.25, 0.3) is 11.2 Å². The summed E-state index contributed by atoms with van der Waals surface area (Å²) >= 11 is 0. The van der Waals surface area contributed by atoms with Crippen LogP contribution in [0.5, 0.6) is 0 Å². The Bertz CT molecular complexity index is 708. The molecule has 204 valence electrons. The monoisotopic (exact) mass is 540 g/mol. The zero-order chi connectivity index (χ0) is 26.8. The second-order valence-corrected chi connectivity index (χ2v) is 9.17. The molecule has 2 saturated carbocycles. The Morgan fingerprint density at radius 2 is 0.857 bits per heavy atom. The molecule has 35 heavy (non-hydrogen) atoms. The van der Waals surface area contributed by atoms with Gasteiger partial charge in [0.15, 0.2) is 0 Å². The second-order valence-electron chi connectivity index (χ2n) is 9.17. The van der Waals surface area contributed by atoms with Crippen molar-refractivity contribution in [3.63, 3.8) is 0 Å². The Hall–Kier alpha value is -1.26. The summed E-state index contributed by atoms with van der Waals surface area (Å²) < 4.78 is 163. The molecule has 3 aliphatic rings. The van der Waals surface area contributed by atoms with E-state index < -0.39 is 74.2 Å². The molecular formula is C19H20F12O4. The first kappa shape index (κ1) is 28.3. The van der Waals surface area contributed by atoms with Crippen LogP contribution in [-0.4, -0.2) is 72.5 Å². The van der Waals surface area contributed by atoms with Crippen LogP contribution in [0.1, 0.15) is 6.42 Å². The molecule has 0 heterocycles. The summed E-state index contributed by atoms with van der Waals surface area (Å²) in [6, 6.07) is 0. The highest BCUT2D eigenvalue weighted by Crippen LogP contribution is 2.64. The summed E-state index contributed by atoms with van der Waals surface area (Å²) in [7, 11) is 0. The number of hydrogen-bond donors (Lipinski definition) is 2. The number of hydrogen-bond acceptors (Lipinski definition) is 4. The van der Waals surface area contributed by atoms with Gasteiger partial charge in [-0.2, -0.15) is 52.7 Å². The van der Waals surface area contributed by atoms with Gasteiger partial charge in [0, 0.05) is 0 Å². The summed E-state index contributed by atoms with van der Waals surface area (Å²) in [5.74, 6) is -2.66. The summed E-state index contributed by atoms with van der Waals surface area (Å²) in [4.78, 5) is 0. The molecule has 3 aliphatic carbocycles. The van der Waals surface area contributed by atoms with Crippen LogP contribution in [0.25, 0.3) is 0 Å². The van der Waals surface area contributed by atoms with Crippen LogP contribution in [0.15, 0.2) is 12.2 Å². The number of halogens is 12. The third kappa shape index (κ3) is 4.63. The van der Waals surface area contributed by atoms with Crippen LogP contribution in [0.3, 0.4) is 0 Å². The molecule has 4 nitrogen and oxygen atoms in total. The predicted molar refractivity (Wildman–Crippen MR) is 90.5 cm³/mol. The van der Waals surface area contributed by atoms with Crippen molar-refractivity contribution in [2.24, 2.45) is 35.5 Å². The van der Waals surface area contributed by atoms with E-state index in [1.165, 1.54) is 0 Å². The van der Waals surface area contributed by atoms with Crippen molar-refractivity contribution in [1.29, 1.82) is 0 Å². The van der Waals surface area contributed by atoms with Gasteiger partial charge in [-0.05, 0) is 41.9 Å². The van der Waals surface area contributed by atoms with E-state index in [1.807, 2.05) is 0 Å². The van der Waals surface area contributed by atoms with Crippen molar-refractivity contribution < 1.29 is 72.4 Å². The minimum Gasteiger partial charge on any atom is -0.377 e. The van der Waals surface area contributed by atoms with E-state index in [1.54, 1.807) is 12.2 Å². The molecule has 0 spiro atoms. The Kier molecular flexibility index (Phi) is 7.00. The van der Waals surface area contributed by atoms with Crippen molar-refractivity contribution in [3.05, 3.63) is 12.2 Å². The van der Waals surface area contributed by atoms with Gasteiger partial charge in [-0.3, -0.25) is 0 Å². The zero-order valence-electron chi connectivity index (χ0n) is 17.4. The van der Waals surface area contributed by atoms with E-state index in [0.29, 0.717) is 6.42 Å². The summed E-state index contributed by atoms with van der Waals surface area (Å²) in [6.07, 6.45) is -20.4. The Balaban J connectivity index is 1.68. The first-order chi connectivity index (χ1) is 15.7. The molecule has 4 unspecified atom stereocenters. The highest BCUT2D eigenvalue weighted by Gasteiger charge is 2.72. The first-order valence-electron chi connectivity index (χ1n) is 10.2. The highest BCUT2D eigenvalue weighted by molar-refractivity contribution is 5.21. The van der Waals surface area contributed by atoms with Gasteiger partial charge in [-0.1, -0.05) is 12.2 Å². The standard InChI is InChI=1S/C19H20F12O4/c20-16(21,22)14(32,17(23,24)25)6-34-4-10-11(13-9-2-1-8(3-9)12(10)13)5-35-7-15(33,18(26,27)28)19(29,30)31/h1-2,8-13,32-33H,3-7H2/t8?,9?,10-,11-,12?,13?/m1/s1. The van der Waals surface area contributed by atoms with Crippen LogP contribution in [0, 0.1) is 35.5 Å². The normalized spacial score (nSPS) is 31.6. The molecule has 0 aromatic rings. The fraction of sp³-hybridized carbons (Fsp3) is 0.895. The minimum absolute atomic E-state index is 0.138. The fourth-order valence-electron chi connectivity index (χ4n) is 5.33. The van der Waals surface area contributed by atoms with E-state index in [-0.39, 0.29) is 23.7 Å². The molecule has 0 radical (unpaired) electrons. The van der Waals surface area contributed by atoms with Gasteiger partial charge in [0.2, 0.25) is 0 Å². The van der Waals surface area contributed by atoms with E-state index in [0.717, 1.165) is 0 Å². The fourth-order valence-corrected chi connectivity index (χ4v) is 5.33. The van der Waals surface area contributed by atoms with Crippen molar-refractivity contribution >= 4 is 0 Å². The molecule has 0 aromatic carbocycles. The van der Waals surface area contributed by atoms with E-state index in [4.69, 9.17) is 0 Å². The lowest BCUT2D eigenvalue weighted by Gasteiger charge is -2.53. The maximum Gasteiger partial charge on any atom is 0.428 e. The van der Waals surface area contributed by atoms with Gasteiger partial charge >= 0.3 is 24.7 Å². The summed E-state index contributed by atoms with van der Waals surface area (Å²) in [5, 5.41) is 18.4. The van der Waals surface area contributed by atoms with Crippen molar-refractivity contribution in [1.82, 2.24) is 0 Å². The van der Waals surface area contributed by atoms with Crippen molar-refractivity contribution in [2.45, 2.75) is 42.3 Å². The van der Waals surface area contributed by atoms with Crippen molar-refractivity contribution in [3.8, 4) is 0 Å². The van der Waals surface area contributed by atoms with Gasteiger partial charge in [-0.25, -0.2) is 0 Å². The average molecular weight is 540 g/mol. The third-order valence-corrected chi connectivity index (χ3v) is 7.24. The molecule has 2 bridgehead atoms. The summed E-state index contributed by atoms with van der Waals surface area (Å²) in [5.41, 5.74) is -10.3. The van der Waals surface area contributed by atoms with Crippen LogP contribution in [0.4, 0.5) is 52.7 Å². The molecule has 2 fully saturated rings. The number of fused-ring (bicyclic) bond motifs is 5. The molecule has 3 rings (SSSR count). The smallest absolute Gasteiger partial charge is 0.377 e. The Labute approximate surface area is 189 Å². The molecule has 16 heteroatoms. The number of ether oxygens (including phenoxy) is 2. The van der Waals surface area contributed by atoms with Crippen LogP contribution >= 0.6 is 0 Å². The van der Waals surface area contributed by atoms with Gasteiger partial charge in [0.05, 0.1) is 26.4 Å². The lowest BCUT2D eigenvalue weighted by molar-refractivity contribution is -0.381. The maximum atomic E-state index is 12.8. The van der Waals surface area contributed by atoms with E-state index in [9.17, 15) is 62.9 Å². The first-order valence-corrected chi connectivity index (χ1v) is 10.2. The van der Waals surface area contributed by atoms with Crippen LogP contribution < -0.4 is 0 Å². The topological polar surface area (TPSA) is 58.9 Å². The molecule has 2 N–H and O–H groups in total. The predicted octanol–water partition coefficient (Wildman–Crippen LogP) is 4.42. The van der Waals surface area contributed by atoms with Crippen LogP contribution in [0.2, 0.25) is 0 Å². The SMILES string of the molecule is OC(COC[C@H]1C2C3C=CC(C3)C2[C@@H]1COCC(O)(C(F)(F)F)C(F)(F)F)(C(F)(F)F)C(F)(F)F. The van der Waals surface area contributed by atoms with Crippen molar-refractivity contribution in [2.75, 3.05) is 26.4 Å². The Morgan fingerprint density at radius 3 is 1.11 bits per heavy atom. The van der Waals surface area contributed by atoms with Crippen LogP contribution in [-0.2, 0) is 9.47 Å². The molecule has 0 saturated heterocycles. The number of alkyl halides is 12.